The maximum atomic E-state index is 11.3. The number of furan rings is 1. The van der Waals surface area contributed by atoms with E-state index in [1.807, 2.05) is 0 Å². The van der Waals surface area contributed by atoms with Gasteiger partial charge in [0.15, 0.2) is 17.1 Å². The molecule has 2 rings (SSSR count). The number of aromatic hydroxyl groups is 2. The zero-order valence-corrected chi connectivity index (χ0v) is 9.57. The number of benzene rings is 1. The highest BCUT2D eigenvalue weighted by atomic mass is 16.4. The SMILES string of the molecule is C=C(C)c1cc2cc(C(C)=O)c(O)c(O)c2o1. The van der Waals surface area contributed by atoms with Gasteiger partial charge < -0.3 is 14.6 Å². The summed E-state index contributed by atoms with van der Waals surface area (Å²) in [6.45, 7) is 6.81. The lowest BCUT2D eigenvalue weighted by atomic mass is 10.1. The predicted octanol–water partition coefficient (Wildman–Crippen LogP) is 3.08. The van der Waals surface area contributed by atoms with Crippen LogP contribution in [0.4, 0.5) is 0 Å². The van der Waals surface area contributed by atoms with E-state index in [1.54, 1.807) is 13.0 Å². The molecule has 1 aromatic carbocycles. The van der Waals surface area contributed by atoms with Crippen LogP contribution in [0.15, 0.2) is 23.1 Å². The molecule has 0 saturated carbocycles. The number of carbonyl (C=O) groups is 1. The molecule has 0 amide bonds. The van der Waals surface area contributed by atoms with Gasteiger partial charge in [-0.25, -0.2) is 0 Å². The summed E-state index contributed by atoms with van der Waals surface area (Å²) in [6, 6.07) is 3.16. The Hall–Kier alpha value is -2.23. The first-order valence-corrected chi connectivity index (χ1v) is 5.07. The highest BCUT2D eigenvalue weighted by molar-refractivity contribution is 6.03. The van der Waals surface area contributed by atoms with E-state index in [4.69, 9.17) is 4.42 Å². The van der Waals surface area contributed by atoms with E-state index in [2.05, 4.69) is 6.58 Å². The van der Waals surface area contributed by atoms with Gasteiger partial charge in [-0.3, -0.25) is 4.79 Å². The van der Waals surface area contributed by atoms with Gasteiger partial charge in [0.05, 0.1) is 5.56 Å². The number of phenols is 2. The van der Waals surface area contributed by atoms with Gasteiger partial charge in [-0.15, -0.1) is 0 Å². The Labute approximate surface area is 97.8 Å². The number of carbonyl (C=O) groups excluding carboxylic acids is 1. The molecule has 0 aliphatic heterocycles. The summed E-state index contributed by atoms with van der Waals surface area (Å²) in [5.41, 5.74) is 0.930. The molecule has 0 saturated heterocycles. The molecular weight excluding hydrogens is 220 g/mol. The average Bonchev–Trinajstić information content (AvgIpc) is 2.67. The highest BCUT2D eigenvalue weighted by Gasteiger charge is 2.18. The number of rotatable bonds is 2. The second-order valence-electron chi connectivity index (χ2n) is 3.99. The van der Waals surface area contributed by atoms with Crippen LogP contribution in [0.25, 0.3) is 16.5 Å². The minimum absolute atomic E-state index is 0.0732. The number of hydrogen-bond donors (Lipinski definition) is 2. The van der Waals surface area contributed by atoms with Crippen molar-refractivity contribution in [1.82, 2.24) is 0 Å². The van der Waals surface area contributed by atoms with E-state index in [1.165, 1.54) is 13.0 Å². The molecule has 17 heavy (non-hydrogen) atoms. The number of Topliss-reactive ketones (excluding diaryl/α,β-unsaturated/α-hetero) is 1. The lowest BCUT2D eigenvalue weighted by Crippen LogP contribution is -1.92. The topological polar surface area (TPSA) is 70.7 Å². The van der Waals surface area contributed by atoms with Crippen LogP contribution in [0.5, 0.6) is 11.5 Å². The minimum atomic E-state index is -0.451. The number of hydrogen-bond acceptors (Lipinski definition) is 4. The van der Waals surface area contributed by atoms with Crippen LogP contribution in [0.2, 0.25) is 0 Å². The number of phenolic OH excluding ortho intramolecular Hbond substituents is 2. The normalized spacial score (nSPS) is 10.7. The molecule has 0 radical (unpaired) electrons. The van der Waals surface area contributed by atoms with Crippen LogP contribution in [0, 0.1) is 0 Å². The Kier molecular flexibility index (Phi) is 2.42. The van der Waals surface area contributed by atoms with Gasteiger partial charge in [-0.05, 0) is 31.6 Å². The van der Waals surface area contributed by atoms with Gasteiger partial charge in [-0.1, -0.05) is 6.58 Å². The van der Waals surface area contributed by atoms with Crippen LogP contribution < -0.4 is 0 Å². The summed E-state index contributed by atoms with van der Waals surface area (Å²) in [6.07, 6.45) is 0. The molecule has 2 aromatic rings. The van der Waals surface area contributed by atoms with Crippen molar-refractivity contribution in [3.8, 4) is 11.5 Å². The minimum Gasteiger partial charge on any atom is -0.504 e. The number of allylic oxidation sites excluding steroid dienone is 1. The molecule has 2 N–H and O–H groups in total. The first-order chi connectivity index (χ1) is 7.91. The summed E-state index contributed by atoms with van der Waals surface area (Å²) in [4.78, 5) is 11.3. The molecule has 0 fully saturated rings. The molecule has 0 aliphatic carbocycles. The molecule has 0 atom stereocenters. The lowest BCUT2D eigenvalue weighted by Gasteiger charge is -2.03. The van der Waals surface area contributed by atoms with Crippen molar-refractivity contribution in [3.05, 3.63) is 30.0 Å². The van der Waals surface area contributed by atoms with E-state index < -0.39 is 11.5 Å². The average molecular weight is 232 g/mol. The van der Waals surface area contributed by atoms with E-state index in [9.17, 15) is 15.0 Å². The van der Waals surface area contributed by atoms with E-state index in [0.717, 1.165) is 0 Å². The fraction of sp³-hybridized carbons (Fsp3) is 0.154. The van der Waals surface area contributed by atoms with Gasteiger partial charge in [0.25, 0.3) is 0 Å². The van der Waals surface area contributed by atoms with Gasteiger partial charge in [0.1, 0.15) is 5.76 Å². The third-order valence-electron chi connectivity index (χ3n) is 2.56. The van der Waals surface area contributed by atoms with Gasteiger partial charge in [0.2, 0.25) is 5.75 Å². The zero-order chi connectivity index (χ0) is 12.7. The zero-order valence-electron chi connectivity index (χ0n) is 9.57. The molecule has 0 unspecified atom stereocenters. The maximum absolute atomic E-state index is 11.3. The third kappa shape index (κ3) is 1.67. The Morgan fingerprint density at radius 2 is 1.88 bits per heavy atom. The Bertz CT molecular complexity index is 634. The lowest BCUT2D eigenvalue weighted by molar-refractivity contribution is 0.101. The highest BCUT2D eigenvalue weighted by Crippen LogP contribution is 2.39. The molecule has 4 heteroatoms. The molecule has 0 bridgehead atoms. The summed E-state index contributed by atoms with van der Waals surface area (Å²) in [5.74, 6) is -0.680. The van der Waals surface area contributed by atoms with Crippen molar-refractivity contribution < 1.29 is 19.4 Å². The second kappa shape index (κ2) is 3.66. The van der Waals surface area contributed by atoms with Crippen LogP contribution >= 0.6 is 0 Å². The molecule has 88 valence electrons. The van der Waals surface area contributed by atoms with Crippen molar-refractivity contribution in [1.29, 1.82) is 0 Å². The van der Waals surface area contributed by atoms with Gasteiger partial charge >= 0.3 is 0 Å². The molecule has 0 spiro atoms. The quantitative estimate of drug-likeness (QED) is 0.616. The van der Waals surface area contributed by atoms with Gasteiger partial charge in [0, 0.05) is 5.39 Å². The van der Waals surface area contributed by atoms with Crippen molar-refractivity contribution in [3.63, 3.8) is 0 Å². The Morgan fingerprint density at radius 3 is 2.41 bits per heavy atom. The Balaban J connectivity index is 2.81. The third-order valence-corrected chi connectivity index (χ3v) is 2.56. The molecule has 1 aromatic heterocycles. The monoisotopic (exact) mass is 232 g/mol. The fourth-order valence-corrected chi connectivity index (χ4v) is 1.64. The van der Waals surface area contributed by atoms with E-state index in [0.29, 0.717) is 16.7 Å². The summed E-state index contributed by atoms with van der Waals surface area (Å²) >= 11 is 0. The molecular formula is C13H12O4. The van der Waals surface area contributed by atoms with Crippen LogP contribution in [0.1, 0.15) is 30.0 Å². The predicted molar refractivity (Wildman–Crippen MR) is 64.3 cm³/mol. The molecule has 1 heterocycles. The van der Waals surface area contributed by atoms with Crippen LogP contribution in [0.3, 0.4) is 0 Å². The summed E-state index contributed by atoms with van der Waals surface area (Å²) < 4.78 is 5.35. The first-order valence-electron chi connectivity index (χ1n) is 5.07. The van der Waals surface area contributed by atoms with Gasteiger partial charge in [-0.2, -0.15) is 0 Å². The smallest absolute Gasteiger partial charge is 0.202 e. The standard InChI is InChI=1S/C13H12O4/c1-6(2)10-5-8-4-9(7(3)14)11(15)12(16)13(8)17-10/h4-5,15-16H,1H2,2-3H3. The Morgan fingerprint density at radius 1 is 1.24 bits per heavy atom. The number of ketones is 1. The van der Waals surface area contributed by atoms with Crippen LogP contribution in [-0.4, -0.2) is 16.0 Å². The summed E-state index contributed by atoms with van der Waals surface area (Å²) in [5, 5.41) is 20.0. The second-order valence-corrected chi connectivity index (χ2v) is 3.99. The summed E-state index contributed by atoms with van der Waals surface area (Å²) in [7, 11) is 0. The van der Waals surface area contributed by atoms with E-state index in [-0.39, 0.29) is 16.9 Å². The van der Waals surface area contributed by atoms with Crippen molar-refractivity contribution >= 4 is 22.3 Å². The van der Waals surface area contributed by atoms with Crippen molar-refractivity contribution in [2.75, 3.05) is 0 Å². The van der Waals surface area contributed by atoms with Crippen molar-refractivity contribution in [2.24, 2.45) is 0 Å². The molecule has 4 nitrogen and oxygen atoms in total. The first kappa shape index (κ1) is 11.3. The van der Waals surface area contributed by atoms with E-state index >= 15 is 0 Å². The van der Waals surface area contributed by atoms with Crippen molar-refractivity contribution in [2.45, 2.75) is 13.8 Å². The molecule has 0 aliphatic rings. The fourth-order valence-electron chi connectivity index (χ4n) is 1.64. The van der Waals surface area contributed by atoms with Crippen LogP contribution in [-0.2, 0) is 0 Å². The number of fused-ring (bicyclic) bond motifs is 1. The largest absolute Gasteiger partial charge is 0.504 e. The maximum Gasteiger partial charge on any atom is 0.202 e.